The van der Waals surface area contributed by atoms with Crippen LogP contribution in [0.4, 0.5) is 0 Å². The molecule has 7 nitrogen and oxygen atoms in total. The Hall–Kier alpha value is -1.53. The Balaban J connectivity index is 1.75. The van der Waals surface area contributed by atoms with Crippen LogP contribution in [0.3, 0.4) is 0 Å². The molecule has 7 heteroatoms. The van der Waals surface area contributed by atoms with Crippen LogP contribution in [-0.2, 0) is 35.4 Å². The monoisotopic (exact) mass is 265 g/mol. The van der Waals surface area contributed by atoms with Crippen LogP contribution in [0.5, 0.6) is 0 Å². The molecular formula is C12H11NO6. The van der Waals surface area contributed by atoms with Crippen LogP contribution in [0.1, 0.15) is 17.4 Å². The van der Waals surface area contributed by atoms with Crippen molar-refractivity contribution in [2.24, 2.45) is 0 Å². The zero-order valence-corrected chi connectivity index (χ0v) is 9.85. The second-order valence-electron chi connectivity index (χ2n) is 3.95. The van der Waals surface area contributed by atoms with E-state index >= 15 is 0 Å². The van der Waals surface area contributed by atoms with E-state index in [9.17, 15) is 0 Å². The summed E-state index contributed by atoms with van der Waals surface area (Å²) >= 11 is 0. The molecule has 3 rings (SSSR count). The van der Waals surface area contributed by atoms with E-state index in [4.69, 9.17) is 29.4 Å². The molecule has 19 heavy (non-hydrogen) atoms. The van der Waals surface area contributed by atoms with Gasteiger partial charge in [-0.25, -0.2) is 9.78 Å². The van der Waals surface area contributed by atoms with Crippen molar-refractivity contribution in [3.8, 4) is 6.07 Å². The fraction of sp³-hybridized carbons (Fsp3) is 0.417. The SMILES string of the molecule is N#CC1OOC(c2ccccc2CC2OCOO2)O1. The molecule has 0 N–H and O–H groups in total. The summed E-state index contributed by atoms with van der Waals surface area (Å²) in [7, 11) is 0. The molecule has 2 heterocycles. The van der Waals surface area contributed by atoms with Gasteiger partial charge in [-0.3, -0.25) is 0 Å². The van der Waals surface area contributed by atoms with Crippen molar-refractivity contribution >= 4 is 0 Å². The highest BCUT2D eigenvalue weighted by Gasteiger charge is 2.31. The van der Waals surface area contributed by atoms with E-state index < -0.39 is 18.9 Å². The average Bonchev–Trinajstić information content (AvgIpc) is 3.10. The summed E-state index contributed by atoms with van der Waals surface area (Å²) in [5.74, 6) is 0. The van der Waals surface area contributed by atoms with Gasteiger partial charge in [-0.2, -0.15) is 15.0 Å². The summed E-state index contributed by atoms with van der Waals surface area (Å²) in [4.78, 5) is 19.3. The molecule has 2 aliphatic heterocycles. The first-order valence-corrected chi connectivity index (χ1v) is 5.72. The summed E-state index contributed by atoms with van der Waals surface area (Å²) in [5.41, 5.74) is 1.67. The Morgan fingerprint density at radius 3 is 2.84 bits per heavy atom. The largest absolute Gasteiger partial charge is 0.320 e. The van der Waals surface area contributed by atoms with E-state index in [1.807, 2.05) is 30.3 Å². The number of nitrogens with zero attached hydrogens (tertiary/aromatic N) is 1. The fourth-order valence-corrected chi connectivity index (χ4v) is 1.89. The zero-order valence-electron chi connectivity index (χ0n) is 9.85. The van der Waals surface area contributed by atoms with Gasteiger partial charge in [0.25, 0.3) is 6.29 Å². The van der Waals surface area contributed by atoms with E-state index in [1.165, 1.54) is 0 Å². The van der Waals surface area contributed by atoms with E-state index in [-0.39, 0.29) is 6.79 Å². The summed E-state index contributed by atoms with van der Waals surface area (Å²) in [6.45, 7) is 0.114. The molecule has 2 aliphatic rings. The molecule has 2 fully saturated rings. The molecule has 0 bridgehead atoms. The molecule has 0 amide bonds. The van der Waals surface area contributed by atoms with Crippen molar-refractivity contribution in [1.82, 2.24) is 0 Å². The van der Waals surface area contributed by atoms with E-state index in [2.05, 4.69) is 4.89 Å². The molecule has 0 aromatic heterocycles. The Labute approximate surface area is 109 Å². The van der Waals surface area contributed by atoms with Crippen molar-refractivity contribution in [3.05, 3.63) is 35.4 Å². The second-order valence-corrected chi connectivity index (χ2v) is 3.95. The third-order valence-corrected chi connectivity index (χ3v) is 2.76. The van der Waals surface area contributed by atoms with E-state index in [1.54, 1.807) is 0 Å². The summed E-state index contributed by atoms with van der Waals surface area (Å²) in [6, 6.07) is 9.27. The van der Waals surface area contributed by atoms with Crippen LogP contribution in [-0.4, -0.2) is 19.4 Å². The molecule has 0 saturated carbocycles. The number of benzene rings is 1. The van der Waals surface area contributed by atoms with Gasteiger partial charge < -0.3 is 9.47 Å². The maximum Gasteiger partial charge on any atom is 0.282 e. The van der Waals surface area contributed by atoms with Crippen molar-refractivity contribution in [2.45, 2.75) is 25.3 Å². The predicted molar refractivity (Wildman–Crippen MR) is 57.5 cm³/mol. The summed E-state index contributed by atoms with van der Waals surface area (Å²) < 4.78 is 10.5. The number of hydrogen-bond acceptors (Lipinski definition) is 7. The van der Waals surface area contributed by atoms with Crippen LogP contribution >= 0.6 is 0 Å². The van der Waals surface area contributed by atoms with E-state index in [0.717, 1.165) is 11.1 Å². The minimum atomic E-state index is -1.01. The fourth-order valence-electron chi connectivity index (χ4n) is 1.89. The average molecular weight is 265 g/mol. The van der Waals surface area contributed by atoms with Gasteiger partial charge in [0.2, 0.25) is 6.29 Å². The maximum absolute atomic E-state index is 8.69. The summed E-state index contributed by atoms with van der Waals surface area (Å²) in [6.07, 6.45) is -1.73. The summed E-state index contributed by atoms with van der Waals surface area (Å²) in [5, 5.41) is 8.69. The first-order chi connectivity index (χ1) is 9.36. The van der Waals surface area contributed by atoms with Crippen molar-refractivity contribution < 1.29 is 29.0 Å². The lowest BCUT2D eigenvalue weighted by atomic mass is 10.0. The van der Waals surface area contributed by atoms with Crippen molar-refractivity contribution in [3.63, 3.8) is 0 Å². The first-order valence-electron chi connectivity index (χ1n) is 5.72. The van der Waals surface area contributed by atoms with Crippen LogP contribution in [0.15, 0.2) is 24.3 Å². The normalized spacial score (nSPS) is 30.4. The Kier molecular flexibility index (Phi) is 3.70. The van der Waals surface area contributed by atoms with Gasteiger partial charge >= 0.3 is 0 Å². The number of rotatable bonds is 3. The quantitative estimate of drug-likeness (QED) is 0.762. The Morgan fingerprint density at radius 2 is 2.11 bits per heavy atom. The van der Waals surface area contributed by atoms with Gasteiger partial charge in [0.05, 0.1) is 0 Å². The van der Waals surface area contributed by atoms with Gasteiger partial charge in [-0.05, 0) is 5.56 Å². The lowest BCUT2D eigenvalue weighted by molar-refractivity contribution is -0.290. The molecule has 0 radical (unpaired) electrons. The second kappa shape index (κ2) is 5.63. The predicted octanol–water partition coefficient (Wildman–Crippen LogP) is 1.32. The van der Waals surface area contributed by atoms with Gasteiger partial charge in [0, 0.05) is 12.0 Å². The highest BCUT2D eigenvalue weighted by Crippen LogP contribution is 2.31. The first kappa shape index (κ1) is 12.5. The molecule has 2 saturated heterocycles. The number of ether oxygens (including phenoxy) is 2. The minimum absolute atomic E-state index is 0.114. The standard InChI is InChI=1S/C12H11NO6/c13-6-11-16-12(19-18-11)9-4-2-1-3-8(9)5-10-14-7-15-17-10/h1-4,10-12H,5,7H2. The molecule has 3 atom stereocenters. The van der Waals surface area contributed by atoms with Crippen LogP contribution in [0, 0.1) is 11.3 Å². The molecule has 100 valence electrons. The molecule has 1 aromatic carbocycles. The molecule has 3 unspecified atom stereocenters. The maximum atomic E-state index is 8.69. The third kappa shape index (κ3) is 2.74. The lowest BCUT2D eigenvalue weighted by Gasteiger charge is -2.14. The topological polar surface area (TPSA) is 79.2 Å². The number of hydrogen-bond donors (Lipinski definition) is 0. The zero-order chi connectivity index (χ0) is 13.1. The Morgan fingerprint density at radius 1 is 1.21 bits per heavy atom. The van der Waals surface area contributed by atoms with Gasteiger partial charge in [0.15, 0.2) is 13.1 Å². The van der Waals surface area contributed by atoms with Gasteiger partial charge in [-0.1, -0.05) is 24.3 Å². The smallest absolute Gasteiger partial charge is 0.282 e. The van der Waals surface area contributed by atoms with E-state index in [0.29, 0.717) is 6.42 Å². The van der Waals surface area contributed by atoms with Gasteiger partial charge in [0.1, 0.15) is 6.07 Å². The minimum Gasteiger partial charge on any atom is -0.320 e. The third-order valence-electron chi connectivity index (χ3n) is 2.76. The number of nitriles is 1. The van der Waals surface area contributed by atoms with Crippen LogP contribution in [0.2, 0.25) is 0 Å². The highest BCUT2D eigenvalue weighted by molar-refractivity contribution is 5.29. The van der Waals surface area contributed by atoms with Crippen LogP contribution in [0.25, 0.3) is 0 Å². The van der Waals surface area contributed by atoms with Crippen molar-refractivity contribution in [2.75, 3.05) is 6.79 Å². The molecule has 0 aliphatic carbocycles. The lowest BCUT2D eigenvalue weighted by Crippen LogP contribution is -2.14. The highest BCUT2D eigenvalue weighted by atomic mass is 17.3. The molecule has 1 aromatic rings. The Bertz CT molecular complexity index is 481. The van der Waals surface area contributed by atoms with Crippen molar-refractivity contribution in [1.29, 1.82) is 5.26 Å². The van der Waals surface area contributed by atoms with Gasteiger partial charge in [-0.15, -0.1) is 0 Å². The van der Waals surface area contributed by atoms with Crippen LogP contribution < -0.4 is 0 Å². The molecular weight excluding hydrogens is 254 g/mol. The molecule has 0 spiro atoms.